The van der Waals surface area contributed by atoms with E-state index < -0.39 is 0 Å². The summed E-state index contributed by atoms with van der Waals surface area (Å²) in [7, 11) is 0. The van der Waals surface area contributed by atoms with Gasteiger partial charge in [-0.15, -0.1) is 0 Å². The highest BCUT2D eigenvalue weighted by Gasteiger charge is 2.19. The minimum atomic E-state index is -0.335. The third-order valence-electron chi connectivity index (χ3n) is 3.72. The summed E-state index contributed by atoms with van der Waals surface area (Å²) >= 11 is 1.28. The Bertz CT molecular complexity index is 848. The van der Waals surface area contributed by atoms with E-state index in [4.69, 9.17) is 4.42 Å². The summed E-state index contributed by atoms with van der Waals surface area (Å²) in [4.78, 5) is 20.9. The van der Waals surface area contributed by atoms with Gasteiger partial charge in [-0.2, -0.15) is 4.98 Å². The molecule has 0 aliphatic rings. The first-order valence-corrected chi connectivity index (χ1v) is 8.59. The second-order valence-electron chi connectivity index (χ2n) is 5.83. The lowest BCUT2D eigenvalue weighted by Crippen LogP contribution is -2.23. The van der Waals surface area contributed by atoms with E-state index in [1.807, 2.05) is 33.8 Å². The molecule has 2 aromatic heterocycles. The third kappa shape index (κ3) is 3.43. The number of aromatic nitrogens is 2. The fraction of sp³-hybridized carbons (Fsp3) is 0.278. The number of hydrogen-bond acceptors (Lipinski definition) is 5. The van der Waals surface area contributed by atoms with Crippen molar-refractivity contribution in [2.45, 2.75) is 38.2 Å². The van der Waals surface area contributed by atoms with Crippen molar-refractivity contribution in [1.82, 2.24) is 9.97 Å². The first-order chi connectivity index (χ1) is 11.4. The van der Waals surface area contributed by atoms with Crippen LogP contribution in [0.2, 0.25) is 0 Å². The van der Waals surface area contributed by atoms with Crippen LogP contribution in [0.4, 0.5) is 5.69 Å². The molecule has 0 saturated heterocycles. The van der Waals surface area contributed by atoms with Gasteiger partial charge in [0.05, 0.1) is 5.25 Å². The number of fused-ring (bicyclic) bond motifs is 1. The summed E-state index contributed by atoms with van der Waals surface area (Å²) in [6.07, 6.45) is 1.67. The smallest absolute Gasteiger partial charge is 0.259 e. The molecule has 24 heavy (non-hydrogen) atoms. The van der Waals surface area contributed by atoms with Gasteiger partial charge in [0.15, 0.2) is 11.2 Å². The fourth-order valence-electron chi connectivity index (χ4n) is 2.61. The lowest BCUT2D eigenvalue weighted by atomic mass is 10.1. The molecule has 5 nitrogen and oxygen atoms in total. The Balaban J connectivity index is 1.73. The molecule has 3 rings (SSSR count). The van der Waals surface area contributed by atoms with Crippen LogP contribution in [-0.2, 0) is 4.79 Å². The number of benzene rings is 1. The first kappa shape index (κ1) is 16.5. The Morgan fingerprint density at radius 3 is 2.62 bits per heavy atom. The average molecular weight is 341 g/mol. The lowest BCUT2D eigenvalue weighted by Gasteiger charge is -2.15. The fourth-order valence-corrected chi connectivity index (χ4v) is 3.35. The number of carbonyl (C=O) groups excluding carboxylic acids is 1. The molecule has 2 heterocycles. The zero-order chi connectivity index (χ0) is 17.3. The molecule has 0 aliphatic carbocycles. The number of nitrogens with zero attached hydrogens (tertiary/aromatic N) is 2. The maximum absolute atomic E-state index is 12.5. The molecule has 3 aromatic rings. The summed E-state index contributed by atoms with van der Waals surface area (Å²) < 4.78 is 5.61. The number of nitrogens with one attached hydrogen (secondary N) is 1. The summed E-state index contributed by atoms with van der Waals surface area (Å²) in [5.41, 5.74) is 5.35. The van der Waals surface area contributed by atoms with Crippen molar-refractivity contribution in [3.63, 3.8) is 0 Å². The number of oxazole rings is 1. The summed E-state index contributed by atoms with van der Waals surface area (Å²) in [5, 5.41) is 3.13. The maximum Gasteiger partial charge on any atom is 0.259 e. The number of thioether (sulfide) groups is 1. The number of anilines is 1. The van der Waals surface area contributed by atoms with Crippen LogP contribution in [0.15, 0.2) is 40.1 Å². The molecule has 1 amide bonds. The van der Waals surface area contributed by atoms with Crippen LogP contribution in [0.25, 0.3) is 11.2 Å². The standard InChI is InChI=1S/C18H19N3O2S/c1-10-8-11(2)15(12(3)9-10)20-17(22)13(4)24-18-21-16-14(23-18)6-5-7-19-16/h5-9,13H,1-4H3,(H,20,22)/t13-/m1/s1. The van der Waals surface area contributed by atoms with Crippen LogP contribution < -0.4 is 5.32 Å². The van der Waals surface area contributed by atoms with Crippen LogP contribution in [0.3, 0.4) is 0 Å². The van der Waals surface area contributed by atoms with Crippen molar-refractivity contribution in [1.29, 1.82) is 0 Å². The van der Waals surface area contributed by atoms with E-state index in [9.17, 15) is 4.79 Å². The van der Waals surface area contributed by atoms with E-state index >= 15 is 0 Å². The average Bonchev–Trinajstić information content (AvgIpc) is 2.92. The highest BCUT2D eigenvalue weighted by atomic mass is 32.2. The minimum Gasteiger partial charge on any atom is -0.430 e. The third-order valence-corrected chi connectivity index (χ3v) is 4.66. The molecule has 1 N–H and O–H groups in total. The van der Waals surface area contributed by atoms with Gasteiger partial charge in [-0.25, -0.2) is 4.98 Å². The summed E-state index contributed by atoms with van der Waals surface area (Å²) in [6.45, 7) is 7.88. The Labute approximate surface area is 144 Å². The molecule has 124 valence electrons. The van der Waals surface area contributed by atoms with Crippen molar-refractivity contribution in [3.05, 3.63) is 47.2 Å². The van der Waals surface area contributed by atoms with E-state index in [1.165, 1.54) is 17.3 Å². The molecule has 0 radical (unpaired) electrons. The summed E-state index contributed by atoms with van der Waals surface area (Å²) in [5.74, 6) is -0.0785. The SMILES string of the molecule is Cc1cc(C)c(NC(=O)[C@@H](C)Sc2nc3ncccc3o2)c(C)c1. The quantitative estimate of drug-likeness (QED) is 0.718. The second-order valence-corrected chi connectivity index (χ2v) is 7.12. The largest absolute Gasteiger partial charge is 0.430 e. The van der Waals surface area contributed by atoms with Gasteiger partial charge in [0.1, 0.15) is 0 Å². The van der Waals surface area contributed by atoms with Crippen molar-refractivity contribution in [3.8, 4) is 0 Å². The number of rotatable bonds is 4. The van der Waals surface area contributed by atoms with E-state index in [0.29, 0.717) is 16.5 Å². The molecule has 0 saturated carbocycles. The Morgan fingerprint density at radius 1 is 1.25 bits per heavy atom. The normalized spacial score (nSPS) is 12.3. The molecule has 0 bridgehead atoms. The lowest BCUT2D eigenvalue weighted by molar-refractivity contribution is -0.115. The van der Waals surface area contributed by atoms with E-state index in [0.717, 1.165) is 16.8 Å². The number of hydrogen-bond donors (Lipinski definition) is 1. The molecular weight excluding hydrogens is 322 g/mol. The Morgan fingerprint density at radius 2 is 1.96 bits per heavy atom. The monoisotopic (exact) mass is 341 g/mol. The zero-order valence-electron chi connectivity index (χ0n) is 14.1. The molecular formula is C18H19N3O2S. The topological polar surface area (TPSA) is 68.0 Å². The number of amides is 1. The van der Waals surface area contributed by atoms with Crippen molar-refractivity contribution >= 4 is 34.6 Å². The van der Waals surface area contributed by atoms with Crippen molar-refractivity contribution in [2.75, 3.05) is 5.32 Å². The van der Waals surface area contributed by atoms with Gasteiger partial charge in [0, 0.05) is 11.9 Å². The van der Waals surface area contributed by atoms with Gasteiger partial charge in [0.25, 0.3) is 5.22 Å². The number of aryl methyl sites for hydroxylation is 3. The predicted molar refractivity (Wildman–Crippen MR) is 96.4 cm³/mol. The Kier molecular flexibility index (Phi) is 4.57. The van der Waals surface area contributed by atoms with Crippen LogP contribution >= 0.6 is 11.8 Å². The van der Waals surface area contributed by atoms with E-state index in [2.05, 4.69) is 27.4 Å². The van der Waals surface area contributed by atoms with E-state index in [-0.39, 0.29) is 11.2 Å². The number of carbonyl (C=O) groups is 1. The van der Waals surface area contributed by atoms with E-state index in [1.54, 1.807) is 12.3 Å². The van der Waals surface area contributed by atoms with Crippen molar-refractivity contribution < 1.29 is 9.21 Å². The molecule has 1 atom stereocenters. The van der Waals surface area contributed by atoms with Crippen LogP contribution in [-0.4, -0.2) is 21.1 Å². The first-order valence-electron chi connectivity index (χ1n) is 7.71. The van der Waals surface area contributed by atoms with Crippen LogP contribution in [0.5, 0.6) is 0 Å². The highest BCUT2D eigenvalue weighted by molar-refractivity contribution is 8.00. The second kappa shape index (κ2) is 6.65. The molecule has 0 spiro atoms. The van der Waals surface area contributed by atoms with Gasteiger partial charge >= 0.3 is 0 Å². The highest BCUT2D eigenvalue weighted by Crippen LogP contribution is 2.28. The van der Waals surface area contributed by atoms with Gasteiger partial charge in [-0.1, -0.05) is 29.5 Å². The Hall–Kier alpha value is -2.34. The molecule has 6 heteroatoms. The van der Waals surface area contributed by atoms with Crippen molar-refractivity contribution in [2.24, 2.45) is 0 Å². The van der Waals surface area contributed by atoms with Crippen LogP contribution in [0, 0.1) is 20.8 Å². The van der Waals surface area contributed by atoms with Gasteiger partial charge in [-0.05, 0) is 51.0 Å². The minimum absolute atomic E-state index is 0.0785. The van der Waals surface area contributed by atoms with Crippen LogP contribution in [0.1, 0.15) is 23.6 Å². The molecule has 0 unspecified atom stereocenters. The molecule has 1 aromatic carbocycles. The maximum atomic E-state index is 12.5. The predicted octanol–water partition coefficient (Wildman–Crippen LogP) is 4.27. The van der Waals surface area contributed by atoms with Gasteiger partial charge in [0.2, 0.25) is 5.91 Å². The van der Waals surface area contributed by atoms with Gasteiger partial charge in [-0.3, -0.25) is 4.79 Å². The summed E-state index contributed by atoms with van der Waals surface area (Å²) in [6, 6.07) is 7.73. The number of pyridine rings is 1. The molecule has 0 fully saturated rings. The molecule has 0 aliphatic heterocycles. The zero-order valence-corrected chi connectivity index (χ0v) is 14.9. The van der Waals surface area contributed by atoms with Gasteiger partial charge < -0.3 is 9.73 Å².